The van der Waals surface area contributed by atoms with Gasteiger partial charge in [-0.1, -0.05) is 0 Å². The number of hydrogen-bond donors (Lipinski definition) is 1. The van der Waals surface area contributed by atoms with Crippen molar-refractivity contribution in [2.75, 3.05) is 40.5 Å². The molecule has 2 N–H and O–H groups in total. The van der Waals surface area contributed by atoms with Gasteiger partial charge in [-0.05, 0) is 12.8 Å². The summed E-state index contributed by atoms with van der Waals surface area (Å²) in [4.78, 5) is 13.6. The Labute approximate surface area is 90.5 Å². The highest BCUT2D eigenvalue weighted by Crippen LogP contribution is 2.19. The molecule has 1 heterocycles. The predicted octanol–water partition coefficient (Wildman–Crippen LogP) is -0.401. The quantitative estimate of drug-likeness (QED) is 0.694. The number of likely N-dealkylation sites (N-methyl/N-ethyl adjacent to an activating group) is 1. The van der Waals surface area contributed by atoms with Crippen molar-refractivity contribution in [2.24, 2.45) is 5.73 Å². The highest BCUT2D eigenvalue weighted by atomic mass is 16.5. The number of nitrogens with zero attached hydrogens (tertiary/aromatic N) is 1. The SMILES string of the molecule is COCCN(C)C(=O)C1(N)CCOCC1. The van der Waals surface area contributed by atoms with Crippen molar-refractivity contribution in [1.82, 2.24) is 4.90 Å². The smallest absolute Gasteiger partial charge is 0.242 e. The van der Waals surface area contributed by atoms with Gasteiger partial charge in [0.05, 0.1) is 12.1 Å². The van der Waals surface area contributed by atoms with Crippen LogP contribution >= 0.6 is 0 Å². The van der Waals surface area contributed by atoms with E-state index < -0.39 is 5.54 Å². The van der Waals surface area contributed by atoms with E-state index >= 15 is 0 Å². The van der Waals surface area contributed by atoms with E-state index in [9.17, 15) is 4.79 Å². The Morgan fingerprint density at radius 2 is 2.13 bits per heavy atom. The Morgan fingerprint density at radius 1 is 1.53 bits per heavy atom. The molecule has 0 radical (unpaired) electrons. The lowest BCUT2D eigenvalue weighted by molar-refractivity contribution is -0.139. The van der Waals surface area contributed by atoms with Crippen molar-refractivity contribution >= 4 is 5.91 Å². The van der Waals surface area contributed by atoms with Crippen molar-refractivity contribution in [1.29, 1.82) is 0 Å². The number of carbonyl (C=O) groups excluding carboxylic acids is 1. The van der Waals surface area contributed by atoms with Crippen LogP contribution in [-0.4, -0.2) is 56.9 Å². The maximum atomic E-state index is 12.0. The van der Waals surface area contributed by atoms with Gasteiger partial charge in [-0.3, -0.25) is 4.79 Å². The van der Waals surface area contributed by atoms with Crippen LogP contribution < -0.4 is 5.73 Å². The van der Waals surface area contributed by atoms with Gasteiger partial charge in [0.15, 0.2) is 0 Å². The third-order valence-corrected chi connectivity index (χ3v) is 2.79. The third-order valence-electron chi connectivity index (χ3n) is 2.79. The predicted molar refractivity (Wildman–Crippen MR) is 56.5 cm³/mol. The van der Waals surface area contributed by atoms with Crippen LogP contribution in [0.25, 0.3) is 0 Å². The molecule has 88 valence electrons. The lowest BCUT2D eigenvalue weighted by Gasteiger charge is -2.35. The monoisotopic (exact) mass is 216 g/mol. The maximum Gasteiger partial charge on any atom is 0.242 e. The molecule has 1 aliphatic heterocycles. The highest BCUT2D eigenvalue weighted by Gasteiger charge is 2.37. The van der Waals surface area contributed by atoms with Crippen LogP contribution in [0, 0.1) is 0 Å². The van der Waals surface area contributed by atoms with E-state index in [4.69, 9.17) is 15.2 Å². The molecule has 15 heavy (non-hydrogen) atoms. The topological polar surface area (TPSA) is 64.8 Å². The van der Waals surface area contributed by atoms with Crippen molar-refractivity contribution in [2.45, 2.75) is 18.4 Å². The van der Waals surface area contributed by atoms with Gasteiger partial charge in [-0.25, -0.2) is 0 Å². The minimum atomic E-state index is -0.735. The molecule has 1 amide bonds. The molecular formula is C10H20N2O3. The Balaban J connectivity index is 2.49. The molecule has 0 unspecified atom stereocenters. The van der Waals surface area contributed by atoms with Gasteiger partial charge in [-0.15, -0.1) is 0 Å². The molecule has 5 heteroatoms. The Kier molecular flexibility index (Phi) is 4.50. The van der Waals surface area contributed by atoms with Crippen LogP contribution in [0.1, 0.15) is 12.8 Å². The summed E-state index contributed by atoms with van der Waals surface area (Å²) in [5.74, 6) is -0.0112. The second-order valence-corrected chi connectivity index (χ2v) is 3.99. The van der Waals surface area contributed by atoms with Crippen molar-refractivity contribution in [3.05, 3.63) is 0 Å². The van der Waals surface area contributed by atoms with Gasteiger partial charge < -0.3 is 20.1 Å². The van der Waals surface area contributed by atoms with E-state index in [1.165, 1.54) is 0 Å². The zero-order valence-corrected chi connectivity index (χ0v) is 9.49. The number of nitrogens with two attached hydrogens (primary N) is 1. The molecule has 0 aromatic carbocycles. The second kappa shape index (κ2) is 5.44. The number of carbonyl (C=O) groups is 1. The molecule has 1 rings (SSSR count). The van der Waals surface area contributed by atoms with Crippen LogP contribution in [0.4, 0.5) is 0 Å². The van der Waals surface area contributed by atoms with Gasteiger partial charge in [0, 0.05) is 33.9 Å². The van der Waals surface area contributed by atoms with Crippen LogP contribution in [-0.2, 0) is 14.3 Å². The van der Waals surface area contributed by atoms with Gasteiger partial charge in [0.2, 0.25) is 5.91 Å². The molecule has 1 fully saturated rings. The van der Waals surface area contributed by atoms with Crippen LogP contribution in [0.2, 0.25) is 0 Å². The summed E-state index contributed by atoms with van der Waals surface area (Å²) in [6.45, 7) is 2.25. The Morgan fingerprint density at radius 3 is 2.67 bits per heavy atom. The van der Waals surface area contributed by atoms with E-state index in [2.05, 4.69) is 0 Å². The van der Waals surface area contributed by atoms with Gasteiger partial charge in [-0.2, -0.15) is 0 Å². The average Bonchev–Trinajstić information content (AvgIpc) is 2.26. The zero-order chi connectivity index (χ0) is 11.3. The van der Waals surface area contributed by atoms with E-state index in [0.717, 1.165) is 0 Å². The zero-order valence-electron chi connectivity index (χ0n) is 9.49. The first kappa shape index (κ1) is 12.4. The van der Waals surface area contributed by atoms with Crippen molar-refractivity contribution < 1.29 is 14.3 Å². The fraction of sp³-hybridized carbons (Fsp3) is 0.900. The summed E-state index contributed by atoms with van der Waals surface area (Å²) in [5, 5.41) is 0. The first-order chi connectivity index (χ1) is 7.10. The summed E-state index contributed by atoms with van der Waals surface area (Å²) in [6, 6.07) is 0. The average molecular weight is 216 g/mol. The van der Waals surface area contributed by atoms with E-state index in [0.29, 0.717) is 39.2 Å². The molecule has 1 saturated heterocycles. The van der Waals surface area contributed by atoms with E-state index in [1.54, 1.807) is 19.1 Å². The molecule has 0 atom stereocenters. The first-order valence-electron chi connectivity index (χ1n) is 5.21. The fourth-order valence-electron chi connectivity index (χ4n) is 1.66. The van der Waals surface area contributed by atoms with Gasteiger partial charge in [0.1, 0.15) is 0 Å². The fourth-order valence-corrected chi connectivity index (χ4v) is 1.66. The molecule has 0 aliphatic carbocycles. The molecule has 1 aliphatic rings. The van der Waals surface area contributed by atoms with Crippen molar-refractivity contribution in [3.8, 4) is 0 Å². The molecule has 0 bridgehead atoms. The third kappa shape index (κ3) is 3.15. The normalized spacial score (nSPS) is 19.9. The summed E-state index contributed by atoms with van der Waals surface area (Å²) in [7, 11) is 3.37. The Hall–Kier alpha value is -0.650. The number of ether oxygens (including phenoxy) is 2. The first-order valence-corrected chi connectivity index (χ1v) is 5.21. The van der Waals surface area contributed by atoms with E-state index in [-0.39, 0.29) is 5.91 Å². The Bertz CT molecular complexity index is 215. The summed E-state index contributed by atoms with van der Waals surface area (Å²) >= 11 is 0. The standard InChI is InChI=1S/C10H20N2O3/c1-12(5-8-14-2)9(13)10(11)3-6-15-7-4-10/h3-8,11H2,1-2H3. The number of methoxy groups -OCH3 is 1. The molecule has 5 nitrogen and oxygen atoms in total. The molecule has 0 saturated carbocycles. The molecule has 0 aromatic rings. The van der Waals surface area contributed by atoms with Gasteiger partial charge >= 0.3 is 0 Å². The van der Waals surface area contributed by atoms with Crippen molar-refractivity contribution in [3.63, 3.8) is 0 Å². The minimum Gasteiger partial charge on any atom is -0.383 e. The highest BCUT2D eigenvalue weighted by molar-refractivity contribution is 5.86. The van der Waals surface area contributed by atoms with Crippen LogP contribution in [0.5, 0.6) is 0 Å². The summed E-state index contributed by atoms with van der Waals surface area (Å²) in [5.41, 5.74) is 5.33. The minimum absolute atomic E-state index is 0.0112. The molecule has 0 spiro atoms. The molecule has 0 aromatic heterocycles. The summed E-state index contributed by atoms with van der Waals surface area (Å²) < 4.78 is 10.1. The lowest BCUT2D eigenvalue weighted by Crippen LogP contribution is -2.57. The lowest BCUT2D eigenvalue weighted by atomic mass is 9.90. The maximum absolute atomic E-state index is 12.0. The number of amides is 1. The largest absolute Gasteiger partial charge is 0.383 e. The van der Waals surface area contributed by atoms with Crippen LogP contribution in [0.3, 0.4) is 0 Å². The second-order valence-electron chi connectivity index (χ2n) is 3.99. The van der Waals surface area contributed by atoms with Crippen LogP contribution in [0.15, 0.2) is 0 Å². The summed E-state index contributed by atoms with van der Waals surface area (Å²) in [6.07, 6.45) is 1.20. The van der Waals surface area contributed by atoms with E-state index in [1.807, 2.05) is 0 Å². The number of hydrogen-bond acceptors (Lipinski definition) is 4. The number of rotatable bonds is 4. The van der Waals surface area contributed by atoms with Gasteiger partial charge in [0.25, 0.3) is 0 Å². The molecular weight excluding hydrogens is 196 g/mol.